The Kier molecular flexibility index (Phi) is 3.53. The highest BCUT2D eigenvalue weighted by atomic mass is 16.6. The lowest BCUT2D eigenvalue weighted by atomic mass is 10.00. The summed E-state index contributed by atoms with van der Waals surface area (Å²) >= 11 is 0. The lowest BCUT2D eigenvalue weighted by Crippen LogP contribution is -2.33. The molecule has 3 rings (SSSR count). The quantitative estimate of drug-likeness (QED) is 0.908. The Morgan fingerprint density at radius 1 is 1.30 bits per heavy atom. The van der Waals surface area contributed by atoms with Gasteiger partial charge in [-0.05, 0) is 24.1 Å². The van der Waals surface area contributed by atoms with E-state index in [9.17, 15) is 4.79 Å². The number of hydrogen-bond donors (Lipinski definition) is 1. The van der Waals surface area contributed by atoms with Crippen molar-refractivity contribution < 1.29 is 14.3 Å². The second-order valence-electron chi connectivity index (χ2n) is 5.30. The van der Waals surface area contributed by atoms with Gasteiger partial charge in [-0.25, -0.2) is 0 Å². The molecule has 5 heteroatoms. The van der Waals surface area contributed by atoms with Gasteiger partial charge < -0.3 is 20.1 Å². The molecule has 0 saturated carbocycles. The summed E-state index contributed by atoms with van der Waals surface area (Å²) in [5.74, 6) is 1.65. The molecule has 2 heterocycles. The van der Waals surface area contributed by atoms with Crippen molar-refractivity contribution in [2.24, 2.45) is 5.73 Å². The van der Waals surface area contributed by atoms with Crippen molar-refractivity contribution in [2.45, 2.75) is 31.8 Å². The van der Waals surface area contributed by atoms with Gasteiger partial charge in [-0.2, -0.15) is 0 Å². The van der Waals surface area contributed by atoms with E-state index in [1.54, 1.807) is 0 Å². The number of rotatable bonds is 3. The zero-order valence-corrected chi connectivity index (χ0v) is 11.7. The minimum Gasteiger partial charge on any atom is -0.486 e. The third kappa shape index (κ3) is 2.22. The number of hydrogen-bond acceptors (Lipinski definition) is 4. The zero-order valence-electron chi connectivity index (χ0n) is 11.7. The summed E-state index contributed by atoms with van der Waals surface area (Å²) in [7, 11) is 0. The monoisotopic (exact) mass is 276 g/mol. The summed E-state index contributed by atoms with van der Waals surface area (Å²) in [6, 6.07) is 5.64. The molecule has 108 valence electrons. The normalized spacial score (nSPS) is 25.1. The SMILES string of the molecule is CCCN1C(=O)CC(N)C1c1ccc2c(c1)OCCO2. The molecule has 1 saturated heterocycles. The number of carbonyl (C=O) groups is 1. The van der Waals surface area contributed by atoms with Gasteiger partial charge >= 0.3 is 0 Å². The maximum absolute atomic E-state index is 12.0. The van der Waals surface area contributed by atoms with Gasteiger partial charge in [0.05, 0.1) is 6.04 Å². The maximum atomic E-state index is 12.0. The average Bonchev–Trinajstić information content (AvgIpc) is 2.73. The molecule has 1 fully saturated rings. The first-order valence-corrected chi connectivity index (χ1v) is 7.15. The molecule has 0 aromatic heterocycles. The van der Waals surface area contributed by atoms with Crippen LogP contribution in [0.5, 0.6) is 11.5 Å². The van der Waals surface area contributed by atoms with Gasteiger partial charge in [0.2, 0.25) is 5.91 Å². The fraction of sp³-hybridized carbons (Fsp3) is 0.533. The first-order chi connectivity index (χ1) is 9.70. The van der Waals surface area contributed by atoms with E-state index in [2.05, 4.69) is 6.92 Å². The predicted octanol–water partition coefficient (Wildman–Crippen LogP) is 1.47. The van der Waals surface area contributed by atoms with Crippen molar-refractivity contribution in [3.05, 3.63) is 23.8 Å². The van der Waals surface area contributed by atoms with Crippen LogP contribution in [0.25, 0.3) is 0 Å². The molecular formula is C15H20N2O3. The van der Waals surface area contributed by atoms with Crippen LogP contribution in [0, 0.1) is 0 Å². The van der Waals surface area contributed by atoms with Crippen molar-refractivity contribution in [3.63, 3.8) is 0 Å². The van der Waals surface area contributed by atoms with Crippen LogP contribution in [0.1, 0.15) is 31.4 Å². The number of nitrogens with two attached hydrogens (primary N) is 1. The van der Waals surface area contributed by atoms with Crippen LogP contribution in [-0.2, 0) is 4.79 Å². The molecule has 2 atom stereocenters. The molecule has 5 nitrogen and oxygen atoms in total. The molecule has 2 N–H and O–H groups in total. The Morgan fingerprint density at radius 2 is 2.05 bits per heavy atom. The molecule has 1 aromatic carbocycles. The third-order valence-electron chi connectivity index (χ3n) is 3.84. The van der Waals surface area contributed by atoms with Gasteiger partial charge in [-0.1, -0.05) is 13.0 Å². The highest BCUT2D eigenvalue weighted by Gasteiger charge is 2.38. The van der Waals surface area contributed by atoms with Crippen molar-refractivity contribution in [1.29, 1.82) is 0 Å². The summed E-state index contributed by atoms with van der Waals surface area (Å²) < 4.78 is 11.1. The fourth-order valence-corrected chi connectivity index (χ4v) is 2.99. The van der Waals surface area contributed by atoms with E-state index >= 15 is 0 Å². The Labute approximate surface area is 118 Å². The van der Waals surface area contributed by atoms with Gasteiger partial charge in [0.15, 0.2) is 11.5 Å². The van der Waals surface area contributed by atoms with Crippen LogP contribution in [-0.4, -0.2) is 36.6 Å². The zero-order chi connectivity index (χ0) is 14.1. The van der Waals surface area contributed by atoms with Crippen molar-refractivity contribution in [3.8, 4) is 11.5 Å². The molecule has 2 aliphatic heterocycles. The lowest BCUT2D eigenvalue weighted by molar-refractivity contribution is -0.129. The molecule has 2 unspecified atom stereocenters. The fourth-order valence-electron chi connectivity index (χ4n) is 2.99. The lowest BCUT2D eigenvalue weighted by Gasteiger charge is -2.28. The molecule has 0 bridgehead atoms. The van der Waals surface area contributed by atoms with Crippen LogP contribution in [0.2, 0.25) is 0 Å². The Balaban J connectivity index is 1.92. The van der Waals surface area contributed by atoms with E-state index in [1.165, 1.54) is 0 Å². The number of ether oxygens (including phenoxy) is 2. The molecule has 1 amide bonds. The number of benzene rings is 1. The van der Waals surface area contributed by atoms with Crippen LogP contribution >= 0.6 is 0 Å². The highest BCUT2D eigenvalue weighted by molar-refractivity contribution is 5.80. The van der Waals surface area contributed by atoms with E-state index in [4.69, 9.17) is 15.2 Å². The van der Waals surface area contributed by atoms with Crippen molar-refractivity contribution >= 4 is 5.91 Å². The number of fused-ring (bicyclic) bond motifs is 1. The highest BCUT2D eigenvalue weighted by Crippen LogP contribution is 2.38. The van der Waals surface area contributed by atoms with Crippen LogP contribution in [0.15, 0.2) is 18.2 Å². The maximum Gasteiger partial charge on any atom is 0.224 e. The summed E-state index contributed by atoms with van der Waals surface area (Å²) in [4.78, 5) is 13.9. The topological polar surface area (TPSA) is 64.8 Å². The molecule has 1 aromatic rings. The Morgan fingerprint density at radius 3 is 2.80 bits per heavy atom. The van der Waals surface area contributed by atoms with E-state index in [-0.39, 0.29) is 18.0 Å². The Hall–Kier alpha value is -1.75. The average molecular weight is 276 g/mol. The smallest absolute Gasteiger partial charge is 0.224 e. The van der Waals surface area contributed by atoms with E-state index < -0.39 is 0 Å². The number of nitrogens with zero attached hydrogens (tertiary/aromatic N) is 1. The van der Waals surface area contributed by atoms with E-state index in [0.29, 0.717) is 19.6 Å². The molecular weight excluding hydrogens is 256 g/mol. The van der Waals surface area contributed by atoms with Gasteiger partial charge in [0.25, 0.3) is 0 Å². The van der Waals surface area contributed by atoms with Crippen LogP contribution < -0.4 is 15.2 Å². The van der Waals surface area contributed by atoms with Crippen molar-refractivity contribution in [1.82, 2.24) is 4.90 Å². The summed E-state index contributed by atoms with van der Waals surface area (Å²) in [6.07, 6.45) is 1.35. The van der Waals surface area contributed by atoms with Crippen molar-refractivity contribution in [2.75, 3.05) is 19.8 Å². The second-order valence-corrected chi connectivity index (χ2v) is 5.30. The first-order valence-electron chi connectivity index (χ1n) is 7.15. The molecule has 2 aliphatic rings. The van der Waals surface area contributed by atoms with Gasteiger partial charge in [-0.15, -0.1) is 0 Å². The van der Waals surface area contributed by atoms with Crippen LogP contribution in [0.3, 0.4) is 0 Å². The third-order valence-corrected chi connectivity index (χ3v) is 3.84. The summed E-state index contributed by atoms with van der Waals surface area (Å²) in [5.41, 5.74) is 7.19. The largest absolute Gasteiger partial charge is 0.486 e. The predicted molar refractivity (Wildman–Crippen MR) is 74.8 cm³/mol. The summed E-state index contributed by atoms with van der Waals surface area (Å²) in [6.45, 7) is 3.95. The molecule has 0 spiro atoms. The second kappa shape index (κ2) is 5.32. The van der Waals surface area contributed by atoms with Gasteiger partial charge in [0, 0.05) is 19.0 Å². The molecule has 20 heavy (non-hydrogen) atoms. The standard InChI is InChI=1S/C15H20N2O3/c1-2-5-17-14(18)9-11(16)15(17)10-3-4-12-13(8-10)20-7-6-19-12/h3-4,8,11,15H,2,5-7,9,16H2,1H3. The van der Waals surface area contributed by atoms with Crippen LogP contribution in [0.4, 0.5) is 0 Å². The van der Waals surface area contributed by atoms with Gasteiger partial charge in [-0.3, -0.25) is 4.79 Å². The number of likely N-dealkylation sites (tertiary alicyclic amines) is 1. The van der Waals surface area contributed by atoms with Gasteiger partial charge in [0.1, 0.15) is 13.2 Å². The minimum atomic E-state index is -0.156. The Bertz CT molecular complexity index is 518. The number of carbonyl (C=O) groups excluding carboxylic acids is 1. The first kappa shape index (κ1) is 13.2. The minimum absolute atomic E-state index is 0.0572. The number of amides is 1. The van der Waals surface area contributed by atoms with E-state index in [1.807, 2.05) is 23.1 Å². The molecule has 0 radical (unpaired) electrons. The van der Waals surface area contributed by atoms with E-state index in [0.717, 1.165) is 30.0 Å². The summed E-state index contributed by atoms with van der Waals surface area (Å²) in [5, 5.41) is 0. The molecule has 0 aliphatic carbocycles.